The third-order valence-corrected chi connectivity index (χ3v) is 3.47. The number of fused-ring (bicyclic) bond motifs is 1. The van der Waals surface area contributed by atoms with E-state index in [2.05, 4.69) is 4.98 Å². The highest BCUT2D eigenvalue weighted by molar-refractivity contribution is 6.13. The van der Waals surface area contributed by atoms with Gasteiger partial charge in [0.15, 0.2) is 0 Å². The third-order valence-electron chi connectivity index (χ3n) is 3.47. The Hall–Kier alpha value is -2.88. The van der Waals surface area contributed by atoms with Crippen molar-refractivity contribution in [2.45, 2.75) is 0 Å². The zero-order valence-electron chi connectivity index (χ0n) is 11.7. The lowest BCUT2D eigenvalue weighted by atomic mass is 10.1. The van der Waals surface area contributed by atoms with Crippen LogP contribution >= 0.6 is 0 Å². The maximum Gasteiger partial charge on any atom is 0.260 e. The zero-order chi connectivity index (χ0) is 14.8. The number of carbonyl (C=O) groups excluding carboxylic acids is 1. The standard InChI is InChI=1S/C17H15N3O/c1-20(15-10-3-2-9-14(15)18)17(21)13-8-4-6-12-7-5-11-19-16(12)13/h2-11H,18H2,1H3. The van der Waals surface area contributed by atoms with Gasteiger partial charge in [-0.3, -0.25) is 9.78 Å². The second-order valence-corrected chi connectivity index (χ2v) is 4.80. The summed E-state index contributed by atoms with van der Waals surface area (Å²) in [7, 11) is 1.72. The molecule has 1 heterocycles. The van der Waals surface area contributed by atoms with Crippen LogP contribution in [0.3, 0.4) is 0 Å². The fourth-order valence-electron chi connectivity index (χ4n) is 2.36. The summed E-state index contributed by atoms with van der Waals surface area (Å²) in [6.45, 7) is 0. The molecule has 3 rings (SSSR count). The first-order valence-corrected chi connectivity index (χ1v) is 6.65. The molecule has 3 aromatic rings. The van der Waals surface area contributed by atoms with Gasteiger partial charge < -0.3 is 10.6 Å². The van der Waals surface area contributed by atoms with Crippen molar-refractivity contribution < 1.29 is 4.79 Å². The van der Waals surface area contributed by atoms with Crippen molar-refractivity contribution in [2.75, 3.05) is 17.7 Å². The molecular weight excluding hydrogens is 262 g/mol. The third kappa shape index (κ3) is 2.31. The van der Waals surface area contributed by atoms with Gasteiger partial charge in [-0.15, -0.1) is 0 Å². The van der Waals surface area contributed by atoms with E-state index in [0.717, 1.165) is 5.39 Å². The van der Waals surface area contributed by atoms with E-state index in [1.54, 1.807) is 30.3 Å². The predicted molar refractivity (Wildman–Crippen MR) is 85.3 cm³/mol. The Labute approximate surface area is 122 Å². The number of pyridine rings is 1. The molecule has 0 atom stereocenters. The van der Waals surface area contributed by atoms with E-state index >= 15 is 0 Å². The second-order valence-electron chi connectivity index (χ2n) is 4.80. The summed E-state index contributed by atoms with van der Waals surface area (Å²) in [6, 6.07) is 16.7. The quantitative estimate of drug-likeness (QED) is 0.732. The van der Waals surface area contributed by atoms with Crippen LogP contribution in [0.5, 0.6) is 0 Å². The molecule has 4 heteroatoms. The molecule has 0 radical (unpaired) electrons. The van der Waals surface area contributed by atoms with Crippen molar-refractivity contribution in [1.82, 2.24) is 4.98 Å². The highest BCUT2D eigenvalue weighted by Gasteiger charge is 2.18. The predicted octanol–water partition coefficient (Wildman–Crippen LogP) is 3.09. The summed E-state index contributed by atoms with van der Waals surface area (Å²) in [5, 5.41) is 0.942. The molecule has 0 aliphatic carbocycles. The number of carbonyl (C=O) groups is 1. The minimum absolute atomic E-state index is 0.128. The van der Waals surface area contributed by atoms with Crippen molar-refractivity contribution >= 4 is 28.2 Å². The van der Waals surface area contributed by atoms with Crippen LogP contribution in [-0.4, -0.2) is 17.9 Å². The van der Waals surface area contributed by atoms with Crippen LogP contribution in [0.2, 0.25) is 0 Å². The summed E-state index contributed by atoms with van der Waals surface area (Å²) in [4.78, 5) is 18.6. The highest BCUT2D eigenvalue weighted by atomic mass is 16.2. The number of hydrogen-bond donors (Lipinski definition) is 1. The van der Waals surface area contributed by atoms with Crippen molar-refractivity contribution in [2.24, 2.45) is 0 Å². The second kappa shape index (κ2) is 5.25. The van der Waals surface area contributed by atoms with Crippen molar-refractivity contribution in [1.29, 1.82) is 0 Å². The Kier molecular flexibility index (Phi) is 3.28. The van der Waals surface area contributed by atoms with Crippen LogP contribution in [0.25, 0.3) is 10.9 Å². The minimum atomic E-state index is -0.128. The molecule has 2 aromatic carbocycles. The molecule has 0 aliphatic rings. The number of nitrogens with zero attached hydrogens (tertiary/aromatic N) is 2. The number of aromatic nitrogens is 1. The molecule has 2 N–H and O–H groups in total. The molecule has 0 saturated heterocycles. The normalized spacial score (nSPS) is 10.5. The van der Waals surface area contributed by atoms with Gasteiger partial charge >= 0.3 is 0 Å². The van der Waals surface area contributed by atoms with Gasteiger partial charge in [0.1, 0.15) is 0 Å². The molecular formula is C17H15N3O. The van der Waals surface area contributed by atoms with Crippen molar-refractivity contribution in [3.8, 4) is 0 Å². The number of anilines is 2. The summed E-state index contributed by atoms with van der Waals surface area (Å²) >= 11 is 0. The summed E-state index contributed by atoms with van der Waals surface area (Å²) in [5.74, 6) is -0.128. The Bertz CT molecular complexity index is 808. The fourth-order valence-corrected chi connectivity index (χ4v) is 2.36. The topological polar surface area (TPSA) is 59.2 Å². The molecule has 0 unspecified atom stereocenters. The van der Waals surface area contributed by atoms with Crippen LogP contribution < -0.4 is 10.6 Å². The molecule has 0 aliphatic heterocycles. The van der Waals surface area contributed by atoms with E-state index in [1.807, 2.05) is 42.5 Å². The summed E-state index contributed by atoms with van der Waals surface area (Å²) in [5.41, 5.74) is 8.47. The first-order valence-electron chi connectivity index (χ1n) is 6.65. The highest BCUT2D eigenvalue weighted by Crippen LogP contribution is 2.24. The van der Waals surface area contributed by atoms with Crippen LogP contribution in [-0.2, 0) is 0 Å². The number of hydrogen-bond acceptors (Lipinski definition) is 3. The Morgan fingerprint density at radius 1 is 1.05 bits per heavy atom. The maximum atomic E-state index is 12.7. The first-order chi connectivity index (χ1) is 10.2. The Balaban J connectivity index is 2.07. The van der Waals surface area contributed by atoms with Crippen LogP contribution in [0.15, 0.2) is 60.8 Å². The molecule has 104 valence electrons. The lowest BCUT2D eigenvalue weighted by Crippen LogP contribution is -2.27. The number of rotatable bonds is 2. The van der Waals surface area contributed by atoms with Crippen LogP contribution in [0.4, 0.5) is 11.4 Å². The SMILES string of the molecule is CN(C(=O)c1cccc2cccnc12)c1ccccc1N. The van der Waals surface area contributed by atoms with Gasteiger partial charge in [0.25, 0.3) is 5.91 Å². The monoisotopic (exact) mass is 277 g/mol. The van der Waals surface area contributed by atoms with Gasteiger partial charge in [-0.1, -0.05) is 30.3 Å². The van der Waals surface area contributed by atoms with Gasteiger partial charge in [0.2, 0.25) is 0 Å². The largest absolute Gasteiger partial charge is 0.397 e. The van der Waals surface area contributed by atoms with E-state index in [1.165, 1.54) is 0 Å². The molecule has 4 nitrogen and oxygen atoms in total. The van der Waals surface area contributed by atoms with Gasteiger partial charge in [0.05, 0.1) is 22.5 Å². The number of amides is 1. The summed E-state index contributed by atoms with van der Waals surface area (Å²) in [6.07, 6.45) is 1.69. The van der Waals surface area contributed by atoms with E-state index in [0.29, 0.717) is 22.5 Å². The fraction of sp³-hybridized carbons (Fsp3) is 0.0588. The number of nitrogens with two attached hydrogens (primary N) is 1. The molecule has 1 aromatic heterocycles. The molecule has 0 saturated carbocycles. The maximum absolute atomic E-state index is 12.7. The zero-order valence-corrected chi connectivity index (χ0v) is 11.7. The minimum Gasteiger partial charge on any atom is -0.397 e. The molecule has 21 heavy (non-hydrogen) atoms. The van der Waals surface area contributed by atoms with E-state index < -0.39 is 0 Å². The lowest BCUT2D eigenvalue weighted by molar-refractivity contribution is 0.0994. The average molecular weight is 277 g/mol. The lowest BCUT2D eigenvalue weighted by Gasteiger charge is -2.19. The van der Waals surface area contributed by atoms with Gasteiger partial charge in [-0.2, -0.15) is 0 Å². The van der Waals surface area contributed by atoms with Crippen molar-refractivity contribution in [3.05, 3.63) is 66.4 Å². The average Bonchev–Trinajstić information content (AvgIpc) is 2.53. The number of benzene rings is 2. The van der Waals surface area contributed by atoms with Gasteiger partial charge in [0, 0.05) is 18.6 Å². The molecule has 0 fully saturated rings. The Morgan fingerprint density at radius 3 is 2.62 bits per heavy atom. The smallest absolute Gasteiger partial charge is 0.260 e. The van der Waals surface area contributed by atoms with Gasteiger partial charge in [-0.25, -0.2) is 0 Å². The van der Waals surface area contributed by atoms with Gasteiger partial charge in [-0.05, 0) is 24.3 Å². The molecule has 1 amide bonds. The summed E-state index contributed by atoms with van der Waals surface area (Å²) < 4.78 is 0. The number of para-hydroxylation sites is 3. The molecule has 0 spiro atoms. The van der Waals surface area contributed by atoms with E-state index in [4.69, 9.17) is 5.73 Å². The van der Waals surface area contributed by atoms with Crippen LogP contribution in [0.1, 0.15) is 10.4 Å². The van der Waals surface area contributed by atoms with E-state index in [9.17, 15) is 4.79 Å². The first kappa shape index (κ1) is 13.1. The van der Waals surface area contributed by atoms with E-state index in [-0.39, 0.29) is 5.91 Å². The van der Waals surface area contributed by atoms with Crippen molar-refractivity contribution in [3.63, 3.8) is 0 Å². The Morgan fingerprint density at radius 2 is 1.81 bits per heavy atom. The van der Waals surface area contributed by atoms with Crippen LogP contribution in [0, 0.1) is 0 Å². The number of nitrogen functional groups attached to an aromatic ring is 1. The molecule has 0 bridgehead atoms.